The van der Waals surface area contributed by atoms with E-state index in [1.807, 2.05) is 0 Å². The van der Waals surface area contributed by atoms with Crippen molar-refractivity contribution >= 4 is 5.91 Å². The van der Waals surface area contributed by atoms with Crippen LogP contribution in [0.2, 0.25) is 0 Å². The molecule has 3 rings (SSSR count). The van der Waals surface area contributed by atoms with Crippen LogP contribution in [0, 0.1) is 11.7 Å². The van der Waals surface area contributed by atoms with Crippen molar-refractivity contribution in [1.29, 1.82) is 0 Å². The van der Waals surface area contributed by atoms with E-state index in [1.54, 1.807) is 18.2 Å². The van der Waals surface area contributed by atoms with E-state index in [4.69, 9.17) is 0 Å². The Bertz CT molecular complexity index is 780. The highest BCUT2D eigenvalue weighted by Gasteiger charge is 2.21. The van der Waals surface area contributed by atoms with E-state index in [-0.39, 0.29) is 23.2 Å². The van der Waals surface area contributed by atoms with Crippen molar-refractivity contribution in [2.75, 3.05) is 6.54 Å². The summed E-state index contributed by atoms with van der Waals surface area (Å²) in [6, 6.07) is 9.09. The minimum atomic E-state index is -0.310. The summed E-state index contributed by atoms with van der Waals surface area (Å²) in [5, 5.41) is 7.28. The van der Waals surface area contributed by atoms with Gasteiger partial charge in [-0.3, -0.25) is 9.59 Å². The lowest BCUT2D eigenvalue weighted by Gasteiger charge is -2.11. The lowest BCUT2D eigenvalue weighted by atomic mass is 10.1. The Kier molecular flexibility index (Phi) is 5.58. The number of benzene rings is 1. The number of hydrogen-bond donors (Lipinski definition) is 1. The molecule has 0 radical (unpaired) electrons. The Morgan fingerprint density at radius 1 is 1.16 bits per heavy atom. The second-order valence-electron chi connectivity index (χ2n) is 6.41. The predicted octanol–water partition coefficient (Wildman–Crippen LogP) is 2.75. The first kappa shape index (κ1) is 17.3. The molecular formula is C19H22FN3O2. The monoisotopic (exact) mass is 343 g/mol. The molecular weight excluding hydrogens is 321 g/mol. The smallest absolute Gasteiger partial charge is 0.266 e. The number of carbonyl (C=O) groups excluding carboxylic acids is 1. The summed E-state index contributed by atoms with van der Waals surface area (Å²) >= 11 is 0. The van der Waals surface area contributed by atoms with Crippen LogP contribution in [0.1, 0.15) is 32.1 Å². The molecule has 5 nitrogen and oxygen atoms in total. The van der Waals surface area contributed by atoms with Gasteiger partial charge in [0.15, 0.2) is 0 Å². The van der Waals surface area contributed by atoms with Gasteiger partial charge in [0.25, 0.3) is 5.56 Å². The zero-order valence-electron chi connectivity index (χ0n) is 14.1. The Balaban J connectivity index is 1.56. The zero-order valence-corrected chi connectivity index (χ0v) is 14.1. The van der Waals surface area contributed by atoms with Gasteiger partial charge >= 0.3 is 0 Å². The molecule has 1 aromatic heterocycles. The number of rotatable bonds is 6. The van der Waals surface area contributed by atoms with E-state index in [0.29, 0.717) is 25.2 Å². The van der Waals surface area contributed by atoms with E-state index in [1.165, 1.54) is 22.9 Å². The zero-order chi connectivity index (χ0) is 17.6. The van der Waals surface area contributed by atoms with E-state index in [9.17, 15) is 14.0 Å². The summed E-state index contributed by atoms with van der Waals surface area (Å²) in [4.78, 5) is 23.9. The molecule has 0 aliphatic heterocycles. The molecule has 2 aromatic rings. The summed E-state index contributed by atoms with van der Waals surface area (Å²) in [6.45, 7) is 0.961. The Labute approximate surface area is 145 Å². The van der Waals surface area contributed by atoms with Gasteiger partial charge in [0.2, 0.25) is 5.91 Å². The van der Waals surface area contributed by atoms with Crippen molar-refractivity contribution in [3.63, 3.8) is 0 Å². The van der Waals surface area contributed by atoms with Gasteiger partial charge in [0, 0.05) is 30.6 Å². The molecule has 0 unspecified atom stereocenters. The number of nitrogens with zero attached hydrogens (tertiary/aromatic N) is 2. The minimum absolute atomic E-state index is 0.123. The second-order valence-corrected chi connectivity index (χ2v) is 6.41. The average molecular weight is 343 g/mol. The highest BCUT2D eigenvalue weighted by molar-refractivity contribution is 5.78. The standard InChI is InChI=1S/C19H22FN3O2/c20-16-8-6-14(7-9-16)17-10-11-18(24)23(22-17)13-3-12-21-19(25)15-4-1-2-5-15/h6-11,15H,1-5,12-13H2,(H,21,25). The topological polar surface area (TPSA) is 64.0 Å². The molecule has 1 saturated carbocycles. The third-order valence-corrected chi connectivity index (χ3v) is 4.58. The Hall–Kier alpha value is -2.50. The van der Waals surface area contributed by atoms with Crippen LogP contribution in [0.15, 0.2) is 41.2 Å². The summed E-state index contributed by atoms with van der Waals surface area (Å²) < 4.78 is 14.4. The normalized spacial score (nSPS) is 14.6. The van der Waals surface area contributed by atoms with E-state index in [2.05, 4.69) is 10.4 Å². The van der Waals surface area contributed by atoms with Crippen LogP contribution in [0.3, 0.4) is 0 Å². The summed E-state index contributed by atoms with van der Waals surface area (Å²) in [5.74, 6) is -0.0319. The highest BCUT2D eigenvalue weighted by atomic mass is 19.1. The molecule has 1 aliphatic rings. The van der Waals surface area contributed by atoms with Crippen molar-refractivity contribution in [2.45, 2.75) is 38.6 Å². The number of hydrogen-bond acceptors (Lipinski definition) is 3. The fourth-order valence-corrected chi connectivity index (χ4v) is 3.16. The number of aromatic nitrogens is 2. The fourth-order valence-electron chi connectivity index (χ4n) is 3.16. The van der Waals surface area contributed by atoms with Gasteiger partial charge < -0.3 is 5.32 Å². The molecule has 0 atom stereocenters. The maximum Gasteiger partial charge on any atom is 0.266 e. The summed E-state index contributed by atoms with van der Waals surface area (Å²) in [7, 11) is 0. The first-order valence-corrected chi connectivity index (χ1v) is 8.75. The second kappa shape index (κ2) is 8.05. The third-order valence-electron chi connectivity index (χ3n) is 4.58. The lowest BCUT2D eigenvalue weighted by Crippen LogP contribution is -2.31. The van der Waals surface area contributed by atoms with Crippen molar-refractivity contribution in [3.05, 3.63) is 52.6 Å². The molecule has 0 bridgehead atoms. The maximum atomic E-state index is 13.0. The number of halogens is 1. The predicted molar refractivity (Wildman–Crippen MR) is 93.5 cm³/mol. The van der Waals surface area contributed by atoms with Gasteiger partial charge in [-0.25, -0.2) is 9.07 Å². The molecule has 1 amide bonds. The first-order valence-electron chi connectivity index (χ1n) is 8.75. The number of carbonyl (C=O) groups is 1. The first-order chi connectivity index (χ1) is 12.1. The fraction of sp³-hybridized carbons (Fsp3) is 0.421. The van der Waals surface area contributed by atoms with Crippen LogP contribution in [-0.4, -0.2) is 22.2 Å². The van der Waals surface area contributed by atoms with Gasteiger partial charge in [-0.05, 0) is 49.6 Å². The summed E-state index contributed by atoms with van der Waals surface area (Å²) in [5.41, 5.74) is 1.19. The average Bonchev–Trinajstić information content (AvgIpc) is 3.15. The Morgan fingerprint density at radius 2 is 1.88 bits per heavy atom. The third kappa shape index (κ3) is 4.53. The van der Waals surface area contributed by atoms with Gasteiger partial charge in [0.05, 0.1) is 5.69 Å². The van der Waals surface area contributed by atoms with Crippen LogP contribution in [0.5, 0.6) is 0 Å². The highest BCUT2D eigenvalue weighted by Crippen LogP contribution is 2.24. The quantitative estimate of drug-likeness (QED) is 0.820. The molecule has 0 spiro atoms. The van der Waals surface area contributed by atoms with Gasteiger partial charge in [-0.1, -0.05) is 12.8 Å². The molecule has 0 saturated heterocycles. The van der Waals surface area contributed by atoms with Crippen LogP contribution in [0.25, 0.3) is 11.3 Å². The number of nitrogens with one attached hydrogen (secondary N) is 1. The molecule has 1 aromatic carbocycles. The van der Waals surface area contributed by atoms with E-state index < -0.39 is 0 Å². The van der Waals surface area contributed by atoms with Gasteiger partial charge in [0.1, 0.15) is 5.82 Å². The summed E-state index contributed by atoms with van der Waals surface area (Å²) in [6.07, 6.45) is 4.86. The minimum Gasteiger partial charge on any atom is -0.356 e. The van der Waals surface area contributed by atoms with Crippen LogP contribution < -0.4 is 10.9 Å². The maximum absolute atomic E-state index is 13.0. The van der Waals surface area contributed by atoms with E-state index in [0.717, 1.165) is 31.2 Å². The SMILES string of the molecule is O=C(NCCCn1nc(-c2ccc(F)cc2)ccc1=O)C1CCCC1. The van der Waals surface area contributed by atoms with Crippen molar-refractivity contribution in [3.8, 4) is 11.3 Å². The molecule has 25 heavy (non-hydrogen) atoms. The largest absolute Gasteiger partial charge is 0.356 e. The number of amides is 1. The Morgan fingerprint density at radius 3 is 2.60 bits per heavy atom. The van der Waals surface area contributed by atoms with E-state index >= 15 is 0 Å². The molecule has 1 N–H and O–H groups in total. The van der Waals surface area contributed by atoms with Crippen LogP contribution in [0.4, 0.5) is 4.39 Å². The van der Waals surface area contributed by atoms with Crippen LogP contribution in [-0.2, 0) is 11.3 Å². The van der Waals surface area contributed by atoms with Crippen LogP contribution >= 0.6 is 0 Å². The van der Waals surface area contributed by atoms with Gasteiger partial charge in [-0.2, -0.15) is 5.10 Å². The molecule has 1 aliphatic carbocycles. The molecule has 1 heterocycles. The van der Waals surface area contributed by atoms with Crippen molar-refractivity contribution in [2.24, 2.45) is 5.92 Å². The number of aryl methyl sites for hydroxylation is 1. The van der Waals surface area contributed by atoms with Crippen molar-refractivity contribution in [1.82, 2.24) is 15.1 Å². The molecule has 132 valence electrons. The van der Waals surface area contributed by atoms with Crippen molar-refractivity contribution < 1.29 is 9.18 Å². The molecule has 6 heteroatoms. The lowest BCUT2D eigenvalue weighted by molar-refractivity contribution is -0.124. The van der Waals surface area contributed by atoms with Gasteiger partial charge in [-0.15, -0.1) is 0 Å². The molecule has 1 fully saturated rings.